The number of halogens is 1. The van der Waals surface area contributed by atoms with Crippen LogP contribution in [0.2, 0.25) is 0 Å². The van der Waals surface area contributed by atoms with Gasteiger partial charge in [-0.3, -0.25) is 4.79 Å². The van der Waals surface area contributed by atoms with E-state index in [2.05, 4.69) is 34.8 Å². The van der Waals surface area contributed by atoms with Gasteiger partial charge in [-0.25, -0.2) is 4.98 Å². The maximum atomic E-state index is 11.6. The highest BCUT2D eigenvalue weighted by molar-refractivity contribution is 9.10. The number of carbonyl (C=O) groups is 1. The van der Waals surface area contributed by atoms with Crippen LogP contribution in [0.1, 0.15) is 41.3 Å². The van der Waals surface area contributed by atoms with Crippen LogP contribution >= 0.6 is 15.9 Å². The molecule has 2 rings (SSSR count). The van der Waals surface area contributed by atoms with Crippen LogP contribution in [-0.2, 0) is 0 Å². The summed E-state index contributed by atoms with van der Waals surface area (Å²) in [5, 5.41) is 0. The molecule has 0 fully saturated rings. The molecule has 5 heteroatoms. The fourth-order valence-corrected chi connectivity index (χ4v) is 2.46. The van der Waals surface area contributed by atoms with Crippen LogP contribution in [0.3, 0.4) is 0 Å². The molecule has 0 bridgehead atoms. The first-order valence-corrected chi connectivity index (χ1v) is 7.42. The van der Waals surface area contributed by atoms with E-state index in [0.717, 1.165) is 15.6 Å². The molecule has 1 aromatic carbocycles. The standard InChI is InChI=1S/C16H17BrN2O2/c1-9(2)12-8-11(17)4-5-13(12)21-16-14(15(18)20)10(3)6-7-19-16/h4-9H,1-3H3,(H2,18,20). The average molecular weight is 349 g/mol. The first-order chi connectivity index (χ1) is 9.90. The van der Waals surface area contributed by atoms with Crippen molar-refractivity contribution < 1.29 is 9.53 Å². The highest BCUT2D eigenvalue weighted by atomic mass is 79.9. The molecule has 0 aliphatic heterocycles. The minimum Gasteiger partial charge on any atom is -0.438 e. The quantitative estimate of drug-likeness (QED) is 0.901. The van der Waals surface area contributed by atoms with Gasteiger partial charge < -0.3 is 10.5 Å². The lowest BCUT2D eigenvalue weighted by Crippen LogP contribution is -2.15. The molecule has 0 saturated carbocycles. The number of benzene rings is 1. The van der Waals surface area contributed by atoms with Gasteiger partial charge in [-0.15, -0.1) is 0 Å². The van der Waals surface area contributed by atoms with Crippen molar-refractivity contribution in [1.82, 2.24) is 4.98 Å². The Labute approximate surface area is 132 Å². The van der Waals surface area contributed by atoms with Crippen molar-refractivity contribution in [3.63, 3.8) is 0 Å². The minimum absolute atomic E-state index is 0.242. The van der Waals surface area contributed by atoms with E-state index in [9.17, 15) is 4.79 Å². The number of hydrogen-bond donors (Lipinski definition) is 1. The van der Waals surface area contributed by atoms with Gasteiger partial charge in [0.2, 0.25) is 5.88 Å². The number of aromatic nitrogens is 1. The summed E-state index contributed by atoms with van der Waals surface area (Å²) in [6.07, 6.45) is 1.60. The number of carbonyl (C=O) groups excluding carboxylic acids is 1. The zero-order chi connectivity index (χ0) is 15.6. The molecular formula is C16H17BrN2O2. The molecule has 0 aliphatic rings. The van der Waals surface area contributed by atoms with Gasteiger partial charge in [0.05, 0.1) is 0 Å². The Hall–Kier alpha value is -1.88. The fraction of sp³-hybridized carbons (Fsp3) is 0.250. The Morgan fingerprint density at radius 3 is 2.67 bits per heavy atom. The van der Waals surface area contributed by atoms with E-state index in [1.807, 2.05) is 18.2 Å². The monoisotopic (exact) mass is 348 g/mol. The second-order valence-electron chi connectivity index (χ2n) is 5.11. The predicted octanol–water partition coefficient (Wildman–Crippen LogP) is 4.17. The van der Waals surface area contributed by atoms with Gasteiger partial charge in [0, 0.05) is 10.7 Å². The van der Waals surface area contributed by atoms with Crippen molar-refractivity contribution in [1.29, 1.82) is 0 Å². The van der Waals surface area contributed by atoms with E-state index in [1.165, 1.54) is 0 Å². The summed E-state index contributed by atoms with van der Waals surface area (Å²) in [5.41, 5.74) is 7.52. The van der Waals surface area contributed by atoms with Crippen LogP contribution in [0.25, 0.3) is 0 Å². The Morgan fingerprint density at radius 2 is 2.05 bits per heavy atom. The molecule has 0 atom stereocenters. The normalized spacial score (nSPS) is 10.7. The smallest absolute Gasteiger partial charge is 0.254 e. The van der Waals surface area contributed by atoms with Gasteiger partial charge in [0.25, 0.3) is 5.91 Å². The number of pyridine rings is 1. The molecule has 2 aromatic rings. The second-order valence-corrected chi connectivity index (χ2v) is 6.03. The topological polar surface area (TPSA) is 65.2 Å². The molecule has 1 aromatic heterocycles. The van der Waals surface area contributed by atoms with Crippen LogP contribution < -0.4 is 10.5 Å². The van der Waals surface area contributed by atoms with E-state index in [-0.39, 0.29) is 11.8 Å². The third-order valence-corrected chi connectivity index (χ3v) is 3.66. The van der Waals surface area contributed by atoms with Crippen molar-refractivity contribution in [3.05, 3.63) is 51.6 Å². The number of hydrogen-bond acceptors (Lipinski definition) is 3. The molecule has 0 unspecified atom stereocenters. The molecule has 0 spiro atoms. The van der Waals surface area contributed by atoms with E-state index in [1.54, 1.807) is 19.2 Å². The second kappa shape index (κ2) is 6.26. The summed E-state index contributed by atoms with van der Waals surface area (Å²) in [5.74, 6) is 0.652. The summed E-state index contributed by atoms with van der Waals surface area (Å²) in [7, 11) is 0. The molecule has 1 heterocycles. The number of rotatable bonds is 4. The molecule has 0 aliphatic carbocycles. The lowest BCUT2D eigenvalue weighted by atomic mass is 10.0. The Kier molecular flexibility index (Phi) is 4.63. The summed E-state index contributed by atoms with van der Waals surface area (Å²) in [4.78, 5) is 15.7. The van der Waals surface area contributed by atoms with Gasteiger partial charge in [-0.2, -0.15) is 0 Å². The first-order valence-electron chi connectivity index (χ1n) is 6.63. The molecule has 0 saturated heterocycles. The van der Waals surface area contributed by atoms with Gasteiger partial charge in [-0.05, 0) is 48.2 Å². The molecule has 4 nitrogen and oxygen atoms in total. The van der Waals surface area contributed by atoms with Crippen molar-refractivity contribution in [2.24, 2.45) is 5.73 Å². The Morgan fingerprint density at radius 1 is 1.33 bits per heavy atom. The largest absolute Gasteiger partial charge is 0.438 e. The zero-order valence-corrected chi connectivity index (χ0v) is 13.8. The lowest BCUT2D eigenvalue weighted by molar-refractivity contribution is 0.0997. The summed E-state index contributed by atoms with van der Waals surface area (Å²) < 4.78 is 6.84. The zero-order valence-electron chi connectivity index (χ0n) is 12.2. The summed E-state index contributed by atoms with van der Waals surface area (Å²) >= 11 is 3.45. The highest BCUT2D eigenvalue weighted by Gasteiger charge is 2.17. The van der Waals surface area contributed by atoms with Crippen LogP contribution in [0.15, 0.2) is 34.9 Å². The third kappa shape index (κ3) is 3.42. The molecule has 21 heavy (non-hydrogen) atoms. The third-order valence-electron chi connectivity index (χ3n) is 3.17. The van der Waals surface area contributed by atoms with Crippen molar-refractivity contribution in [3.8, 4) is 11.6 Å². The molecule has 110 valence electrons. The van der Waals surface area contributed by atoms with Crippen molar-refractivity contribution in [2.75, 3.05) is 0 Å². The van der Waals surface area contributed by atoms with Crippen molar-refractivity contribution in [2.45, 2.75) is 26.7 Å². The van der Waals surface area contributed by atoms with Crippen LogP contribution in [-0.4, -0.2) is 10.9 Å². The van der Waals surface area contributed by atoms with Crippen LogP contribution in [0, 0.1) is 6.92 Å². The van der Waals surface area contributed by atoms with E-state index >= 15 is 0 Å². The summed E-state index contributed by atoms with van der Waals surface area (Å²) in [6, 6.07) is 7.48. The van der Waals surface area contributed by atoms with Gasteiger partial charge in [0.1, 0.15) is 11.3 Å². The average Bonchev–Trinajstić information content (AvgIpc) is 2.40. The molecule has 0 radical (unpaired) electrons. The number of amides is 1. The Balaban J connectivity index is 2.49. The number of nitrogens with zero attached hydrogens (tertiary/aromatic N) is 1. The van der Waals surface area contributed by atoms with Crippen LogP contribution in [0.5, 0.6) is 11.6 Å². The highest BCUT2D eigenvalue weighted by Crippen LogP contribution is 2.33. The van der Waals surface area contributed by atoms with Gasteiger partial charge in [0.15, 0.2) is 0 Å². The number of aryl methyl sites for hydroxylation is 1. The van der Waals surface area contributed by atoms with E-state index in [4.69, 9.17) is 10.5 Å². The van der Waals surface area contributed by atoms with Crippen LogP contribution in [0.4, 0.5) is 0 Å². The van der Waals surface area contributed by atoms with Gasteiger partial charge in [-0.1, -0.05) is 29.8 Å². The SMILES string of the molecule is Cc1ccnc(Oc2ccc(Br)cc2C(C)C)c1C(N)=O. The number of ether oxygens (including phenoxy) is 1. The maximum absolute atomic E-state index is 11.6. The summed E-state index contributed by atoms with van der Waals surface area (Å²) in [6.45, 7) is 5.96. The van der Waals surface area contributed by atoms with Gasteiger partial charge >= 0.3 is 0 Å². The molecule has 1 amide bonds. The maximum Gasteiger partial charge on any atom is 0.254 e. The van der Waals surface area contributed by atoms with E-state index in [0.29, 0.717) is 11.3 Å². The van der Waals surface area contributed by atoms with E-state index < -0.39 is 5.91 Å². The first kappa shape index (κ1) is 15.5. The lowest BCUT2D eigenvalue weighted by Gasteiger charge is -2.15. The predicted molar refractivity (Wildman–Crippen MR) is 85.8 cm³/mol. The number of primary amides is 1. The number of nitrogens with two attached hydrogens (primary N) is 1. The molecular weight excluding hydrogens is 332 g/mol. The van der Waals surface area contributed by atoms with Crippen molar-refractivity contribution >= 4 is 21.8 Å². The molecule has 2 N–H and O–H groups in total. The Bertz CT molecular complexity index is 684. The minimum atomic E-state index is -0.543. The fourth-order valence-electron chi connectivity index (χ4n) is 2.08.